The molecule has 2 aromatic carbocycles. The fraction of sp³-hybridized carbons (Fsp3) is 0.0769. The summed E-state index contributed by atoms with van der Waals surface area (Å²) in [5, 5.41) is 0. The van der Waals surface area contributed by atoms with Gasteiger partial charge in [-0.15, -0.1) is 0 Å². The molecular formula is C13H10NO2S-. The molecule has 0 radical (unpaired) electrons. The lowest BCUT2D eigenvalue weighted by atomic mass is 9.95. The van der Waals surface area contributed by atoms with Crippen molar-refractivity contribution in [3.63, 3.8) is 0 Å². The predicted molar refractivity (Wildman–Crippen MR) is 67.0 cm³/mol. The Morgan fingerprint density at radius 2 is 1.65 bits per heavy atom. The SMILES string of the molecule is O=S([O-])N1Cc2ccccc2-c2ccccc21. The number of rotatable bonds is 1. The number of nitrogens with zero attached hydrogens (tertiary/aromatic N) is 1. The summed E-state index contributed by atoms with van der Waals surface area (Å²) in [7, 11) is 0. The van der Waals surface area contributed by atoms with Crippen LogP contribution in [0.4, 0.5) is 5.69 Å². The lowest BCUT2D eigenvalue weighted by Gasteiger charge is -2.33. The predicted octanol–water partition coefficient (Wildman–Crippen LogP) is 2.47. The van der Waals surface area contributed by atoms with E-state index in [4.69, 9.17) is 0 Å². The van der Waals surface area contributed by atoms with Crippen LogP contribution in [0.15, 0.2) is 48.5 Å². The van der Waals surface area contributed by atoms with Gasteiger partial charge in [-0.3, -0.25) is 8.51 Å². The number of fused-ring (bicyclic) bond motifs is 3. The topological polar surface area (TPSA) is 43.4 Å². The van der Waals surface area contributed by atoms with Crippen molar-refractivity contribution in [1.82, 2.24) is 0 Å². The maximum Gasteiger partial charge on any atom is 0.0565 e. The Balaban J connectivity index is 2.26. The van der Waals surface area contributed by atoms with Crippen LogP contribution in [0.25, 0.3) is 11.1 Å². The molecule has 1 aliphatic rings. The molecule has 0 saturated heterocycles. The molecule has 86 valence electrons. The monoisotopic (exact) mass is 244 g/mol. The van der Waals surface area contributed by atoms with E-state index in [9.17, 15) is 8.76 Å². The Morgan fingerprint density at radius 3 is 2.41 bits per heavy atom. The molecule has 0 fully saturated rings. The largest absolute Gasteiger partial charge is 0.755 e. The van der Waals surface area contributed by atoms with E-state index < -0.39 is 11.3 Å². The maximum atomic E-state index is 11.3. The Hall–Kier alpha value is -1.65. The standard InChI is InChI=1S/C13H11NO2S/c15-17(16)14-9-10-5-1-2-6-11(10)12-7-3-4-8-13(12)14/h1-8H,9H2,(H,15,16)/p-1. The number of anilines is 1. The van der Waals surface area contributed by atoms with Gasteiger partial charge in [0.25, 0.3) is 0 Å². The summed E-state index contributed by atoms with van der Waals surface area (Å²) in [6.07, 6.45) is 0. The minimum Gasteiger partial charge on any atom is -0.755 e. The van der Waals surface area contributed by atoms with Crippen molar-refractivity contribution in [3.05, 3.63) is 54.1 Å². The summed E-state index contributed by atoms with van der Waals surface area (Å²) >= 11 is -2.24. The second-order valence-corrected chi connectivity index (χ2v) is 4.80. The Bertz CT molecular complexity index is 597. The summed E-state index contributed by atoms with van der Waals surface area (Å²) in [6.45, 7) is 0.406. The molecule has 0 N–H and O–H groups in total. The molecule has 0 spiro atoms. The van der Waals surface area contributed by atoms with Gasteiger partial charge in [0.2, 0.25) is 0 Å². The van der Waals surface area contributed by atoms with Crippen molar-refractivity contribution in [2.24, 2.45) is 0 Å². The van der Waals surface area contributed by atoms with E-state index >= 15 is 0 Å². The van der Waals surface area contributed by atoms with Crippen molar-refractivity contribution in [3.8, 4) is 11.1 Å². The van der Waals surface area contributed by atoms with E-state index in [-0.39, 0.29) is 0 Å². The van der Waals surface area contributed by atoms with Crippen molar-refractivity contribution < 1.29 is 8.76 Å². The van der Waals surface area contributed by atoms with Crippen LogP contribution in [-0.4, -0.2) is 8.76 Å². The molecule has 0 aromatic heterocycles. The lowest BCUT2D eigenvalue weighted by molar-refractivity contribution is 0.531. The molecule has 1 unspecified atom stereocenters. The van der Waals surface area contributed by atoms with Crippen molar-refractivity contribution in [2.75, 3.05) is 4.31 Å². The van der Waals surface area contributed by atoms with Crippen LogP contribution in [0.1, 0.15) is 5.56 Å². The molecule has 1 atom stereocenters. The van der Waals surface area contributed by atoms with Crippen LogP contribution < -0.4 is 4.31 Å². The van der Waals surface area contributed by atoms with Crippen LogP contribution in [0.3, 0.4) is 0 Å². The molecule has 0 bridgehead atoms. The molecule has 1 heterocycles. The van der Waals surface area contributed by atoms with Gasteiger partial charge in [-0.05, 0) is 17.2 Å². The van der Waals surface area contributed by atoms with Gasteiger partial charge in [-0.25, -0.2) is 0 Å². The number of hydrogen-bond donors (Lipinski definition) is 0. The molecule has 3 nitrogen and oxygen atoms in total. The highest BCUT2D eigenvalue weighted by Gasteiger charge is 2.21. The first kappa shape index (κ1) is 10.5. The van der Waals surface area contributed by atoms with Crippen LogP contribution in [0.5, 0.6) is 0 Å². The molecule has 17 heavy (non-hydrogen) atoms. The normalized spacial score (nSPS) is 15.0. The van der Waals surface area contributed by atoms with E-state index in [0.29, 0.717) is 6.54 Å². The summed E-state index contributed by atoms with van der Waals surface area (Å²) < 4.78 is 23.9. The van der Waals surface area contributed by atoms with Crippen LogP contribution in [-0.2, 0) is 17.8 Å². The third kappa shape index (κ3) is 1.66. The first-order valence-electron chi connectivity index (χ1n) is 5.31. The summed E-state index contributed by atoms with van der Waals surface area (Å²) in [4.78, 5) is 0. The highest BCUT2D eigenvalue weighted by atomic mass is 32.2. The average Bonchev–Trinajstić information content (AvgIpc) is 2.37. The number of benzene rings is 2. The van der Waals surface area contributed by atoms with Crippen LogP contribution in [0, 0.1) is 0 Å². The van der Waals surface area contributed by atoms with Gasteiger partial charge in [0.05, 0.1) is 12.2 Å². The maximum absolute atomic E-state index is 11.3. The first-order chi connectivity index (χ1) is 8.27. The molecule has 4 heteroatoms. The highest BCUT2D eigenvalue weighted by molar-refractivity contribution is 7.80. The molecule has 0 saturated carbocycles. The van der Waals surface area contributed by atoms with Gasteiger partial charge < -0.3 is 4.55 Å². The van der Waals surface area contributed by atoms with E-state index in [2.05, 4.69) is 0 Å². The van der Waals surface area contributed by atoms with Gasteiger partial charge in [0, 0.05) is 16.8 Å². The number of para-hydroxylation sites is 1. The number of hydrogen-bond acceptors (Lipinski definition) is 2. The summed E-state index contributed by atoms with van der Waals surface area (Å²) in [5.41, 5.74) is 3.87. The van der Waals surface area contributed by atoms with E-state index in [1.165, 1.54) is 4.31 Å². The summed E-state index contributed by atoms with van der Waals surface area (Å²) in [6, 6.07) is 15.5. The summed E-state index contributed by atoms with van der Waals surface area (Å²) in [5.74, 6) is 0. The van der Waals surface area contributed by atoms with Gasteiger partial charge in [-0.2, -0.15) is 0 Å². The fourth-order valence-corrected chi connectivity index (χ4v) is 2.78. The third-order valence-corrected chi connectivity index (χ3v) is 3.66. The molecule has 3 rings (SSSR count). The average molecular weight is 244 g/mol. The lowest BCUT2D eigenvalue weighted by Crippen LogP contribution is -2.28. The van der Waals surface area contributed by atoms with Crippen LogP contribution >= 0.6 is 0 Å². The highest BCUT2D eigenvalue weighted by Crippen LogP contribution is 2.38. The Morgan fingerprint density at radius 1 is 1.00 bits per heavy atom. The van der Waals surface area contributed by atoms with Gasteiger partial charge in [0.15, 0.2) is 0 Å². The second-order valence-electron chi connectivity index (χ2n) is 3.93. The van der Waals surface area contributed by atoms with E-state index in [0.717, 1.165) is 22.4 Å². The molecular weight excluding hydrogens is 234 g/mol. The quantitative estimate of drug-likeness (QED) is 0.723. The van der Waals surface area contributed by atoms with Gasteiger partial charge in [-0.1, -0.05) is 42.5 Å². The Kier molecular flexibility index (Phi) is 2.46. The fourth-order valence-electron chi connectivity index (χ4n) is 2.21. The zero-order valence-electron chi connectivity index (χ0n) is 9.00. The van der Waals surface area contributed by atoms with Crippen molar-refractivity contribution in [2.45, 2.75) is 6.54 Å². The van der Waals surface area contributed by atoms with Crippen molar-refractivity contribution in [1.29, 1.82) is 0 Å². The van der Waals surface area contributed by atoms with E-state index in [1.54, 1.807) is 0 Å². The van der Waals surface area contributed by atoms with E-state index in [1.807, 2.05) is 48.5 Å². The minimum atomic E-state index is -2.24. The minimum absolute atomic E-state index is 0.406. The van der Waals surface area contributed by atoms with Gasteiger partial charge >= 0.3 is 0 Å². The molecule has 0 amide bonds. The molecule has 1 aliphatic heterocycles. The second kappa shape index (κ2) is 3.98. The Labute approximate surface area is 102 Å². The first-order valence-corrected chi connectivity index (χ1v) is 6.35. The zero-order chi connectivity index (χ0) is 11.8. The van der Waals surface area contributed by atoms with Crippen LogP contribution in [0.2, 0.25) is 0 Å². The third-order valence-electron chi connectivity index (χ3n) is 2.97. The molecule has 2 aromatic rings. The molecule has 0 aliphatic carbocycles. The van der Waals surface area contributed by atoms with Crippen molar-refractivity contribution >= 4 is 17.0 Å². The smallest absolute Gasteiger partial charge is 0.0565 e. The van der Waals surface area contributed by atoms with Gasteiger partial charge in [0.1, 0.15) is 0 Å². The zero-order valence-corrected chi connectivity index (χ0v) is 9.81.